The molecule has 1 N–H and O–H groups in total. The molecule has 2 rings (SSSR count). The van der Waals surface area contributed by atoms with Crippen LogP contribution in [0.5, 0.6) is 0 Å². The van der Waals surface area contributed by atoms with Crippen molar-refractivity contribution in [1.82, 2.24) is 5.32 Å². The fourth-order valence-corrected chi connectivity index (χ4v) is 2.42. The van der Waals surface area contributed by atoms with Gasteiger partial charge in [0, 0.05) is 19.8 Å². The molecule has 116 valence electrons. The Morgan fingerprint density at radius 3 is 2.05 bits per heavy atom. The van der Waals surface area contributed by atoms with Crippen LogP contribution in [0.25, 0.3) is 0 Å². The fourth-order valence-electron chi connectivity index (χ4n) is 2.42. The van der Waals surface area contributed by atoms with E-state index in [1.54, 1.807) is 0 Å². The zero-order chi connectivity index (χ0) is 15.6. The summed E-state index contributed by atoms with van der Waals surface area (Å²) in [6.45, 7) is 4.00. The maximum Gasteiger partial charge on any atom is 0.232 e. The van der Waals surface area contributed by atoms with Crippen LogP contribution in [0.15, 0.2) is 60.7 Å². The van der Waals surface area contributed by atoms with E-state index in [2.05, 4.69) is 5.32 Å². The molecule has 0 bridgehead atoms. The zero-order valence-electron chi connectivity index (χ0n) is 13.0. The van der Waals surface area contributed by atoms with Crippen molar-refractivity contribution in [2.75, 3.05) is 19.8 Å². The predicted molar refractivity (Wildman–Crippen MR) is 88.8 cm³/mol. The summed E-state index contributed by atoms with van der Waals surface area (Å²) >= 11 is 0. The van der Waals surface area contributed by atoms with Crippen LogP contribution in [0.2, 0.25) is 0 Å². The first kappa shape index (κ1) is 16.2. The average molecular weight is 297 g/mol. The number of rotatable bonds is 8. The van der Waals surface area contributed by atoms with Crippen LogP contribution in [0.4, 0.5) is 0 Å². The number of carbonyl (C=O) groups is 1. The first-order valence-electron chi connectivity index (χ1n) is 7.78. The van der Waals surface area contributed by atoms with Gasteiger partial charge in [-0.25, -0.2) is 0 Å². The van der Waals surface area contributed by atoms with E-state index in [0.717, 1.165) is 17.5 Å². The van der Waals surface area contributed by atoms with Crippen molar-refractivity contribution in [1.29, 1.82) is 0 Å². The third-order valence-corrected chi connectivity index (χ3v) is 3.50. The first-order valence-corrected chi connectivity index (χ1v) is 7.78. The third-order valence-electron chi connectivity index (χ3n) is 3.50. The van der Waals surface area contributed by atoms with E-state index >= 15 is 0 Å². The van der Waals surface area contributed by atoms with Crippen molar-refractivity contribution in [3.63, 3.8) is 0 Å². The fraction of sp³-hybridized carbons (Fsp3) is 0.316. The lowest BCUT2D eigenvalue weighted by molar-refractivity contribution is -0.121. The molecule has 0 atom stereocenters. The highest BCUT2D eigenvalue weighted by Gasteiger charge is 2.21. The van der Waals surface area contributed by atoms with Crippen LogP contribution in [0, 0.1) is 0 Å². The Bertz CT molecular complexity index is 515. The topological polar surface area (TPSA) is 38.3 Å². The lowest BCUT2D eigenvalue weighted by Gasteiger charge is -2.18. The maximum atomic E-state index is 12.6. The molecule has 2 aromatic rings. The van der Waals surface area contributed by atoms with Gasteiger partial charge in [0.25, 0.3) is 0 Å². The lowest BCUT2D eigenvalue weighted by atomic mass is 9.90. The summed E-state index contributed by atoms with van der Waals surface area (Å²) in [6, 6.07) is 19.8. The molecule has 2 aromatic carbocycles. The highest BCUT2D eigenvalue weighted by molar-refractivity contribution is 5.87. The van der Waals surface area contributed by atoms with Crippen LogP contribution in [0.1, 0.15) is 30.4 Å². The van der Waals surface area contributed by atoms with Crippen molar-refractivity contribution in [2.45, 2.75) is 19.3 Å². The van der Waals surface area contributed by atoms with E-state index in [1.165, 1.54) is 0 Å². The molecule has 0 aliphatic heterocycles. The van der Waals surface area contributed by atoms with Gasteiger partial charge in [-0.2, -0.15) is 0 Å². The summed E-state index contributed by atoms with van der Waals surface area (Å²) in [4.78, 5) is 12.6. The largest absolute Gasteiger partial charge is 0.382 e. The summed E-state index contributed by atoms with van der Waals surface area (Å²) in [5, 5.41) is 3.02. The highest BCUT2D eigenvalue weighted by Crippen LogP contribution is 2.24. The Labute approximate surface area is 132 Å². The third kappa shape index (κ3) is 4.71. The van der Waals surface area contributed by atoms with Gasteiger partial charge in [-0.3, -0.25) is 4.79 Å². The standard InChI is InChI=1S/C19H23NO2/c1-2-22-15-9-14-20-19(21)18(16-10-5-3-6-11-16)17-12-7-4-8-13-17/h3-8,10-13,18H,2,9,14-15H2,1H3,(H,20,21). The summed E-state index contributed by atoms with van der Waals surface area (Å²) in [5.74, 6) is -0.233. The molecule has 22 heavy (non-hydrogen) atoms. The molecule has 0 fully saturated rings. The van der Waals surface area contributed by atoms with Crippen molar-refractivity contribution in [3.8, 4) is 0 Å². The number of hydrogen-bond acceptors (Lipinski definition) is 2. The normalized spacial score (nSPS) is 10.6. The molecule has 0 heterocycles. The molecule has 0 aliphatic rings. The number of ether oxygens (including phenoxy) is 1. The van der Waals surface area contributed by atoms with E-state index in [-0.39, 0.29) is 11.8 Å². The van der Waals surface area contributed by atoms with E-state index in [1.807, 2.05) is 67.6 Å². The molecular weight excluding hydrogens is 274 g/mol. The number of benzene rings is 2. The summed E-state index contributed by atoms with van der Waals surface area (Å²) in [7, 11) is 0. The zero-order valence-corrected chi connectivity index (χ0v) is 13.0. The van der Waals surface area contributed by atoms with E-state index in [4.69, 9.17) is 4.74 Å². The van der Waals surface area contributed by atoms with Gasteiger partial charge in [0.2, 0.25) is 5.91 Å². The van der Waals surface area contributed by atoms with Crippen molar-refractivity contribution in [3.05, 3.63) is 71.8 Å². The molecule has 0 spiro atoms. The minimum atomic E-state index is -0.269. The highest BCUT2D eigenvalue weighted by atomic mass is 16.5. The van der Waals surface area contributed by atoms with E-state index in [9.17, 15) is 4.79 Å². The second-order valence-corrected chi connectivity index (χ2v) is 5.10. The van der Waals surface area contributed by atoms with Crippen LogP contribution in [-0.2, 0) is 9.53 Å². The van der Waals surface area contributed by atoms with E-state index < -0.39 is 0 Å². The molecule has 0 saturated heterocycles. The molecule has 0 saturated carbocycles. The Hall–Kier alpha value is -2.13. The monoisotopic (exact) mass is 297 g/mol. The second kappa shape index (κ2) is 9.00. The molecule has 3 nitrogen and oxygen atoms in total. The van der Waals surface area contributed by atoms with Gasteiger partial charge in [-0.15, -0.1) is 0 Å². The molecule has 1 amide bonds. The average Bonchev–Trinajstić information content (AvgIpc) is 2.57. The number of nitrogens with one attached hydrogen (secondary N) is 1. The molecular formula is C19H23NO2. The minimum absolute atomic E-state index is 0.0360. The molecule has 0 aliphatic carbocycles. The number of carbonyl (C=O) groups excluding carboxylic acids is 1. The van der Waals surface area contributed by atoms with Gasteiger partial charge in [-0.05, 0) is 24.5 Å². The van der Waals surface area contributed by atoms with Gasteiger partial charge >= 0.3 is 0 Å². The number of hydrogen-bond donors (Lipinski definition) is 1. The minimum Gasteiger partial charge on any atom is -0.382 e. The van der Waals surface area contributed by atoms with Gasteiger partial charge < -0.3 is 10.1 Å². The van der Waals surface area contributed by atoms with Gasteiger partial charge in [0.15, 0.2) is 0 Å². The van der Waals surface area contributed by atoms with Crippen molar-refractivity contribution < 1.29 is 9.53 Å². The van der Waals surface area contributed by atoms with Crippen molar-refractivity contribution in [2.24, 2.45) is 0 Å². The molecule has 0 aromatic heterocycles. The van der Waals surface area contributed by atoms with Gasteiger partial charge in [0.1, 0.15) is 0 Å². The summed E-state index contributed by atoms with van der Waals surface area (Å²) in [6.07, 6.45) is 0.829. The summed E-state index contributed by atoms with van der Waals surface area (Å²) in [5.41, 5.74) is 2.02. The SMILES string of the molecule is CCOCCCNC(=O)C(c1ccccc1)c1ccccc1. The molecule has 0 unspecified atom stereocenters. The Morgan fingerprint density at radius 2 is 1.55 bits per heavy atom. The van der Waals surface area contributed by atoms with Crippen LogP contribution in [0.3, 0.4) is 0 Å². The predicted octanol–water partition coefficient (Wildman–Crippen LogP) is 3.36. The van der Waals surface area contributed by atoms with Crippen LogP contribution in [-0.4, -0.2) is 25.7 Å². The summed E-state index contributed by atoms with van der Waals surface area (Å²) < 4.78 is 5.29. The van der Waals surface area contributed by atoms with Crippen LogP contribution >= 0.6 is 0 Å². The Morgan fingerprint density at radius 1 is 1.00 bits per heavy atom. The number of amides is 1. The van der Waals surface area contributed by atoms with Crippen LogP contribution < -0.4 is 5.32 Å². The Kier molecular flexibility index (Phi) is 6.65. The molecule has 3 heteroatoms. The second-order valence-electron chi connectivity index (χ2n) is 5.10. The van der Waals surface area contributed by atoms with Gasteiger partial charge in [-0.1, -0.05) is 60.7 Å². The van der Waals surface area contributed by atoms with Gasteiger partial charge in [0.05, 0.1) is 5.92 Å². The van der Waals surface area contributed by atoms with Crippen molar-refractivity contribution >= 4 is 5.91 Å². The first-order chi connectivity index (χ1) is 10.8. The van der Waals surface area contributed by atoms with E-state index in [0.29, 0.717) is 19.8 Å². The molecule has 0 radical (unpaired) electrons. The smallest absolute Gasteiger partial charge is 0.232 e. The maximum absolute atomic E-state index is 12.6. The lowest BCUT2D eigenvalue weighted by Crippen LogP contribution is -2.31. The Balaban J connectivity index is 2.07. The quantitative estimate of drug-likeness (QED) is 0.759.